The third kappa shape index (κ3) is 5.03. The van der Waals surface area contributed by atoms with E-state index in [1.54, 1.807) is 0 Å². The highest BCUT2D eigenvalue weighted by molar-refractivity contribution is 6.17. The molecule has 0 N–H and O–H groups in total. The molecule has 1 unspecified atom stereocenters. The third-order valence-corrected chi connectivity index (χ3v) is 11.4. The van der Waals surface area contributed by atoms with Crippen LogP contribution in [0.25, 0.3) is 65.3 Å². The van der Waals surface area contributed by atoms with Crippen molar-refractivity contribution in [2.75, 3.05) is 4.90 Å². The minimum absolute atomic E-state index is 0.297. The van der Waals surface area contributed by atoms with Gasteiger partial charge in [-0.25, -0.2) is 0 Å². The molecule has 0 saturated heterocycles. The molecule has 0 radical (unpaired) electrons. The Kier molecular flexibility index (Phi) is 7.03. The van der Waals surface area contributed by atoms with Crippen LogP contribution in [0.3, 0.4) is 0 Å². The van der Waals surface area contributed by atoms with Crippen molar-refractivity contribution in [2.45, 2.75) is 12.3 Å². The van der Waals surface area contributed by atoms with Gasteiger partial charge < -0.3 is 9.64 Å². The molecule has 1 heterocycles. The van der Waals surface area contributed by atoms with Crippen LogP contribution in [-0.2, 0) is 0 Å². The summed E-state index contributed by atoms with van der Waals surface area (Å²) in [7, 11) is 0. The van der Waals surface area contributed by atoms with Crippen molar-refractivity contribution < 1.29 is 4.74 Å². The van der Waals surface area contributed by atoms with Gasteiger partial charge in [0.15, 0.2) is 0 Å². The number of hydrogen-bond acceptors (Lipinski definition) is 2. The molecule has 1 atom stereocenters. The summed E-state index contributed by atoms with van der Waals surface area (Å²) in [4.78, 5) is 2.34. The average molecular weight is 690 g/mol. The van der Waals surface area contributed by atoms with E-state index in [4.69, 9.17) is 4.74 Å². The third-order valence-electron chi connectivity index (χ3n) is 11.4. The number of ether oxygens (including phenoxy) is 1. The Morgan fingerprint density at radius 2 is 1.06 bits per heavy atom. The van der Waals surface area contributed by atoms with Gasteiger partial charge in [-0.3, -0.25) is 0 Å². The van der Waals surface area contributed by atoms with Crippen LogP contribution < -0.4 is 9.64 Å². The van der Waals surface area contributed by atoms with E-state index >= 15 is 0 Å². The van der Waals surface area contributed by atoms with Crippen molar-refractivity contribution in [1.82, 2.24) is 0 Å². The highest BCUT2D eigenvalue weighted by atomic mass is 16.5. The number of hydrogen-bond donors (Lipinski definition) is 0. The predicted octanol–water partition coefficient (Wildman–Crippen LogP) is 14.4. The van der Waals surface area contributed by atoms with Gasteiger partial charge in [0.05, 0.1) is 0 Å². The van der Waals surface area contributed by atoms with Crippen LogP contribution in [-0.4, -0.2) is 0 Å². The van der Waals surface area contributed by atoms with Crippen molar-refractivity contribution in [2.24, 2.45) is 0 Å². The maximum atomic E-state index is 6.43. The van der Waals surface area contributed by atoms with Crippen molar-refractivity contribution in [3.05, 3.63) is 205 Å². The number of rotatable bonds is 5. The lowest BCUT2D eigenvalue weighted by Gasteiger charge is -2.26. The molecule has 11 rings (SSSR count). The molecule has 9 aromatic rings. The molecule has 9 aromatic carbocycles. The van der Waals surface area contributed by atoms with Gasteiger partial charge in [-0.1, -0.05) is 146 Å². The molecular weight excluding hydrogens is 655 g/mol. The van der Waals surface area contributed by atoms with Crippen LogP contribution in [0.15, 0.2) is 200 Å². The summed E-state index contributed by atoms with van der Waals surface area (Å²) in [5.74, 6) is 2.28. The molecule has 0 fully saturated rings. The SMILES string of the molecule is C1=CCC2C(=C1)Oc1cc(N(c3ccc(-c4ccc5c(ccc6c7ccccc7ccc56)c4)cc3)c3ccc(-c4cccc5ccccc45)cc3)ccc12. The molecule has 54 heavy (non-hydrogen) atoms. The van der Waals surface area contributed by atoms with Gasteiger partial charge in [-0.2, -0.15) is 0 Å². The lowest BCUT2D eigenvalue weighted by atomic mass is 9.92. The first-order valence-corrected chi connectivity index (χ1v) is 18.8. The van der Waals surface area contributed by atoms with Crippen LogP contribution in [0.4, 0.5) is 17.1 Å². The fourth-order valence-corrected chi connectivity index (χ4v) is 8.69. The number of allylic oxidation sites excluding steroid dienone is 4. The largest absolute Gasteiger partial charge is 0.461 e. The van der Waals surface area contributed by atoms with E-state index in [9.17, 15) is 0 Å². The number of benzene rings is 9. The first kappa shape index (κ1) is 30.7. The molecule has 1 aliphatic carbocycles. The predicted molar refractivity (Wildman–Crippen MR) is 227 cm³/mol. The van der Waals surface area contributed by atoms with Crippen molar-refractivity contribution in [3.8, 4) is 28.0 Å². The summed E-state index contributed by atoms with van der Waals surface area (Å²) in [6, 6.07) is 64.3. The lowest BCUT2D eigenvalue weighted by Crippen LogP contribution is -2.10. The summed E-state index contributed by atoms with van der Waals surface area (Å²) in [6.45, 7) is 0. The fraction of sp³-hybridized carbons (Fsp3) is 0.0385. The minimum Gasteiger partial charge on any atom is -0.461 e. The summed E-state index contributed by atoms with van der Waals surface area (Å²) in [6.07, 6.45) is 7.41. The van der Waals surface area contributed by atoms with Gasteiger partial charge in [-0.15, -0.1) is 0 Å². The van der Waals surface area contributed by atoms with Gasteiger partial charge in [0.2, 0.25) is 0 Å². The van der Waals surface area contributed by atoms with Gasteiger partial charge in [0.1, 0.15) is 11.5 Å². The smallest absolute Gasteiger partial charge is 0.132 e. The Morgan fingerprint density at radius 1 is 0.444 bits per heavy atom. The van der Waals surface area contributed by atoms with Crippen molar-refractivity contribution in [1.29, 1.82) is 0 Å². The van der Waals surface area contributed by atoms with E-state index in [-0.39, 0.29) is 0 Å². The van der Waals surface area contributed by atoms with Crippen LogP contribution in [0.2, 0.25) is 0 Å². The summed E-state index contributed by atoms with van der Waals surface area (Å²) in [5.41, 5.74) is 9.33. The fourth-order valence-electron chi connectivity index (χ4n) is 8.69. The topological polar surface area (TPSA) is 12.5 Å². The average Bonchev–Trinajstić information content (AvgIpc) is 3.62. The molecule has 2 nitrogen and oxygen atoms in total. The minimum atomic E-state index is 0.297. The first-order chi connectivity index (χ1) is 26.7. The second-order valence-corrected chi connectivity index (χ2v) is 14.4. The molecule has 254 valence electrons. The Hall–Kier alpha value is -6.90. The summed E-state index contributed by atoms with van der Waals surface area (Å²) >= 11 is 0. The molecule has 0 amide bonds. The molecule has 2 heteroatoms. The van der Waals surface area contributed by atoms with Crippen molar-refractivity contribution in [3.63, 3.8) is 0 Å². The maximum absolute atomic E-state index is 6.43. The second-order valence-electron chi connectivity index (χ2n) is 14.4. The van der Waals surface area contributed by atoms with E-state index in [2.05, 4.69) is 199 Å². The molecule has 0 bridgehead atoms. The van der Waals surface area contributed by atoms with Crippen LogP contribution in [0.1, 0.15) is 17.9 Å². The molecule has 1 aliphatic heterocycles. The van der Waals surface area contributed by atoms with E-state index in [0.29, 0.717) is 5.92 Å². The molecule has 0 aromatic heterocycles. The highest BCUT2D eigenvalue weighted by Gasteiger charge is 2.30. The zero-order valence-electron chi connectivity index (χ0n) is 29.6. The monoisotopic (exact) mass is 689 g/mol. The first-order valence-electron chi connectivity index (χ1n) is 18.8. The summed E-state index contributed by atoms with van der Waals surface area (Å²) in [5, 5.41) is 10.2. The molecule has 0 saturated carbocycles. The van der Waals surface area contributed by atoms with Gasteiger partial charge >= 0.3 is 0 Å². The van der Waals surface area contributed by atoms with E-state index < -0.39 is 0 Å². The van der Waals surface area contributed by atoms with E-state index in [1.165, 1.54) is 70.9 Å². The Labute approximate surface area is 314 Å². The number of fused-ring (bicyclic) bond motifs is 9. The Balaban J connectivity index is 0.976. The Morgan fingerprint density at radius 3 is 1.85 bits per heavy atom. The van der Waals surface area contributed by atoms with Gasteiger partial charge in [0, 0.05) is 34.6 Å². The van der Waals surface area contributed by atoms with Crippen molar-refractivity contribution >= 4 is 60.2 Å². The molecule has 0 spiro atoms. The molecule has 2 aliphatic rings. The van der Waals surface area contributed by atoms with Crippen LogP contribution >= 0.6 is 0 Å². The van der Waals surface area contributed by atoms with E-state index in [0.717, 1.165) is 35.0 Å². The zero-order chi connectivity index (χ0) is 35.6. The number of nitrogens with zero attached hydrogens (tertiary/aromatic N) is 1. The molecular formula is C52H35NO. The van der Waals surface area contributed by atoms with Gasteiger partial charge in [0.25, 0.3) is 0 Å². The van der Waals surface area contributed by atoms with Gasteiger partial charge in [-0.05, 0) is 114 Å². The standard InChI is InChI=1S/C52H35NO/c1-3-11-43-35(8-1)10-7-14-44(43)37-18-25-41(26-19-37)53(42-27-31-50-49-13-5-6-15-51(49)54-52(50)33-42)40-23-16-34(17-24-40)38-21-28-46-39(32-38)22-30-47-45-12-4-2-9-36(45)20-29-48(46)47/h1-12,14-33,49H,13H2. The maximum Gasteiger partial charge on any atom is 0.132 e. The second kappa shape index (κ2) is 12.4. The van der Waals surface area contributed by atoms with Crippen LogP contribution in [0, 0.1) is 0 Å². The number of anilines is 3. The van der Waals surface area contributed by atoms with E-state index in [1.807, 2.05) is 0 Å². The van der Waals surface area contributed by atoms with Crippen LogP contribution in [0.5, 0.6) is 5.75 Å². The highest BCUT2D eigenvalue weighted by Crippen LogP contribution is 2.48. The quantitative estimate of drug-likeness (QED) is 0.167. The lowest BCUT2D eigenvalue weighted by molar-refractivity contribution is 0.425. The normalized spacial score (nSPS) is 14.6. The summed E-state index contributed by atoms with van der Waals surface area (Å²) < 4.78 is 6.43. The zero-order valence-corrected chi connectivity index (χ0v) is 29.6. The Bertz CT molecular complexity index is 2980.